The number of nitrogens with one attached hydrogen (secondary N) is 1. The molecule has 116 valence electrons. The van der Waals surface area contributed by atoms with Gasteiger partial charge in [0.05, 0.1) is 13.7 Å². The summed E-state index contributed by atoms with van der Waals surface area (Å²) in [6.07, 6.45) is 1.10. The summed E-state index contributed by atoms with van der Waals surface area (Å²) in [6.45, 7) is 0.506. The van der Waals surface area contributed by atoms with Crippen LogP contribution in [0.25, 0.3) is 0 Å². The summed E-state index contributed by atoms with van der Waals surface area (Å²) >= 11 is 2.22. The minimum Gasteiger partial charge on any atom is -0.497 e. The zero-order valence-corrected chi connectivity index (χ0v) is 14.5. The number of methoxy groups -OCH3 is 1. The fourth-order valence-corrected chi connectivity index (χ4v) is 2.43. The van der Waals surface area contributed by atoms with Gasteiger partial charge in [0.2, 0.25) is 5.91 Å². The van der Waals surface area contributed by atoms with Crippen LogP contribution in [-0.4, -0.2) is 19.6 Å². The van der Waals surface area contributed by atoms with Gasteiger partial charge in [-0.1, -0.05) is 6.07 Å². The van der Waals surface area contributed by atoms with Gasteiger partial charge in [-0.2, -0.15) is 0 Å². The van der Waals surface area contributed by atoms with Crippen LogP contribution in [0.4, 0.5) is 5.69 Å². The van der Waals surface area contributed by atoms with Crippen LogP contribution in [-0.2, 0) is 4.79 Å². The van der Waals surface area contributed by atoms with Crippen molar-refractivity contribution in [2.24, 2.45) is 0 Å². The standard InChI is InChI=1S/C17H18INO3/c1-21-15-7-9-16(10-8-15)22-11-3-6-17(20)19-14-5-2-4-13(18)12-14/h2,4-5,7-10,12H,3,6,11H2,1H3,(H,19,20). The van der Waals surface area contributed by atoms with Gasteiger partial charge in [0.1, 0.15) is 11.5 Å². The van der Waals surface area contributed by atoms with Gasteiger partial charge in [-0.05, 0) is 71.5 Å². The second-order valence-corrected chi connectivity index (χ2v) is 5.93. The SMILES string of the molecule is COc1ccc(OCCCC(=O)Nc2cccc(I)c2)cc1. The Morgan fingerprint density at radius 1 is 1.14 bits per heavy atom. The van der Waals surface area contributed by atoms with E-state index >= 15 is 0 Å². The zero-order valence-electron chi connectivity index (χ0n) is 12.3. The molecule has 0 bridgehead atoms. The van der Waals surface area contributed by atoms with Gasteiger partial charge >= 0.3 is 0 Å². The van der Waals surface area contributed by atoms with E-state index in [1.54, 1.807) is 7.11 Å². The Kier molecular flexibility index (Phi) is 6.51. The second kappa shape index (κ2) is 8.63. The number of anilines is 1. The third-order valence-corrected chi connectivity index (χ3v) is 3.66. The molecule has 0 saturated carbocycles. The smallest absolute Gasteiger partial charge is 0.224 e. The van der Waals surface area contributed by atoms with Gasteiger partial charge in [-0.15, -0.1) is 0 Å². The molecule has 4 nitrogen and oxygen atoms in total. The minimum absolute atomic E-state index is 0.000306. The van der Waals surface area contributed by atoms with E-state index in [1.165, 1.54) is 0 Å². The monoisotopic (exact) mass is 411 g/mol. The van der Waals surface area contributed by atoms with E-state index < -0.39 is 0 Å². The van der Waals surface area contributed by atoms with Crippen molar-refractivity contribution in [2.45, 2.75) is 12.8 Å². The Morgan fingerprint density at radius 3 is 2.55 bits per heavy atom. The van der Waals surface area contributed by atoms with Crippen LogP contribution in [0.5, 0.6) is 11.5 Å². The molecule has 0 fully saturated rings. The Bertz CT molecular complexity index is 614. The van der Waals surface area contributed by atoms with Crippen LogP contribution in [0, 0.1) is 3.57 Å². The first-order valence-corrected chi connectivity index (χ1v) is 8.07. The lowest BCUT2D eigenvalue weighted by Gasteiger charge is -2.08. The van der Waals surface area contributed by atoms with Crippen molar-refractivity contribution in [3.05, 3.63) is 52.1 Å². The van der Waals surface area contributed by atoms with Crippen LogP contribution in [0.2, 0.25) is 0 Å². The summed E-state index contributed by atoms with van der Waals surface area (Å²) in [4.78, 5) is 11.8. The van der Waals surface area contributed by atoms with Gasteiger partial charge in [0.25, 0.3) is 0 Å². The maximum atomic E-state index is 11.8. The Morgan fingerprint density at radius 2 is 1.86 bits per heavy atom. The van der Waals surface area contributed by atoms with E-state index in [9.17, 15) is 4.79 Å². The van der Waals surface area contributed by atoms with Gasteiger partial charge in [-0.3, -0.25) is 4.79 Å². The van der Waals surface area contributed by atoms with Crippen LogP contribution >= 0.6 is 22.6 Å². The summed E-state index contributed by atoms with van der Waals surface area (Å²) in [6, 6.07) is 15.1. The lowest BCUT2D eigenvalue weighted by Crippen LogP contribution is -2.12. The van der Waals surface area contributed by atoms with Gasteiger partial charge in [0.15, 0.2) is 0 Å². The maximum absolute atomic E-state index is 11.8. The predicted octanol–water partition coefficient (Wildman–Crippen LogP) is 4.10. The molecule has 22 heavy (non-hydrogen) atoms. The van der Waals surface area contributed by atoms with E-state index in [0.717, 1.165) is 20.8 Å². The molecule has 0 spiro atoms. The zero-order chi connectivity index (χ0) is 15.8. The number of benzene rings is 2. The van der Waals surface area contributed by atoms with Gasteiger partial charge in [-0.25, -0.2) is 0 Å². The highest BCUT2D eigenvalue weighted by Gasteiger charge is 2.03. The summed E-state index contributed by atoms with van der Waals surface area (Å²) in [5, 5.41) is 2.88. The number of halogens is 1. The molecule has 0 aliphatic rings. The first-order chi connectivity index (χ1) is 10.7. The quantitative estimate of drug-likeness (QED) is 0.552. The average Bonchev–Trinajstić information content (AvgIpc) is 2.52. The molecule has 2 rings (SSSR count). The predicted molar refractivity (Wildman–Crippen MR) is 95.5 cm³/mol. The molecule has 0 radical (unpaired) electrons. The molecule has 0 saturated heterocycles. The van der Waals surface area contributed by atoms with E-state index in [2.05, 4.69) is 27.9 Å². The first-order valence-electron chi connectivity index (χ1n) is 6.99. The molecule has 0 aromatic heterocycles. The molecule has 0 unspecified atom stereocenters. The molecule has 0 aliphatic heterocycles. The van der Waals surface area contributed by atoms with Gasteiger partial charge < -0.3 is 14.8 Å². The van der Waals surface area contributed by atoms with E-state index in [1.807, 2.05) is 48.5 Å². The number of ether oxygens (including phenoxy) is 2. The number of amides is 1. The molecule has 2 aromatic rings. The van der Waals surface area contributed by atoms with Crippen LogP contribution in [0.15, 0.2) is 48.5 Å². The van der Waals surface area contributed by atoms with Crippen molar-refractivity contribution < 1.29 is 14.3 Å². The minimum atomic E-state index is 0.000306. The Balaban J connectivity index is 1.68. The molecule has 0 heterocycles. The average molecular weight is 411 g/mol. The summed E-state index contributed by atoms with van der Waals surface area (Å²) < 4.78 is 11.8. The van der Waals surface area contributed by atoms with Crippen molar-refractivity contribution in [1.82, 2.24) is 0 Å². The second-order valence-electron chi connectivity index (χ2n) is 4.69. The third kappa shape index (κ3) is 5.55. The highest BCUT2D eigenvalue weighted by Crippen LogP contribution is 2.17. The molecule has 0 atom stereocenters. The molecular weight excluding hydrogens is 393 g/mol. The summed E-state index contributed by atoms with van der Waals surface area (Å²) in [5.74, 6) is 1.57. The van der Waals surface area contributed by atoms with Crippen molar-refractivity contribution in [2.75, 3.05) is 19.0 Å². The van der Waals surface area contributed by atoms with E-state index in [4.69, 9.17) is 9.47 Å². The molecule has 5 heteroatoms. The van der Waals surface area contributed by atoms with Crippen molar-refractivity contribution in [1.29, 1.82) is 0 Å². The number of hydrogen-bond donors (Lipinski definition) is 1. The highest BCUT2D eigenvalue weighted by molar-refractivity contribution is 14.1. The molecule has 0 aliphatic carbocycles. The number of carbonyl (C=O) groups excluding carboxylic acids is 1. The Labute approximate surface area is 144 Å². The summed E-state index contributed by atoms with van der Waals surface area (Å²) in [5.41, 5.74) is 0.827. The van der Waals surface area contributed by atoms with Crippen molar-refractivity contribution in [3.8, 4) is 11.5 Å². The fraction of sp³-hybridized carbons (Fsp3) is 0.235. The van der Waals surface area contributed by atoms with Crippen molar-refractivity contribution in [3.63, 3.8) is 0 Å². The summed E-state index contributed by atoms with van der Waals surface area (Å²) in [7, 11) is 1.63. The Hall–Kier alpha value is -1.76. The third-order valence-electron chi connectivity index (χ3n) is 2.98. The van der Waals surface area contributed by atoms with Crippen LogP contribution in [0.1, 0.15) is 12.8 Å². The fourth-order valence-electron chi connectivity index (χ4n) is 1.88. The van der Waals surface area contributed by atoms with E-state index in [0.29, 0.717) is 19.4 Å². The lowest BCUT2D eigenvalue weighted by atomic mass is 10.2. The number of carbonyl (C=O) groups is 1. The number of hydrogen-bond acceptors (Lipinski definition) is 3. The van der Waals surface area contributed by atoms with Gasteiger partial charge in [0, 0.05) is 15.7 Å². The van der Waals surface area contributed by atoms with Crippen LogP contribution in [0.3, 0.4) is 0 Å². The highest BCUT2D eigenvalue weighted by atomic mass is 127. The normalized spacial score (nSPS) is 10.1. The molecule has 1 N–H and O–H groups in total. The van der Waals surface area contributed by atoms with E-state index in [-0.39, 0.29) is 5.91 Å². The molecular formula is C17H18INO3. The molecule has 2 aromatic carbocycles. The maximum Gasteiger partial charge on any atom is 0.224 e. The molecule has 1 amide bonds. The van der Waals surface area contributed by atoms with Crippen molar-refractivity contribution >= 4 is 34.2 Å². The topological polar surface area (TPSA) is 47.6 Å². The largest absolute Gasteiger partial charge is 0.497 e. The van der Waals surface area contributed by atoms with Crippen LogP contribution < -0.4 is 14.8 Å². The first kappa shape index (κ1) is 16.6. The lowest BCUT2D eigenvalue weighted by molar-refractivity contribution is -0.116. The number of rotatable bonds is 7.